The fourth-order valence-electron chi connectivity index (χ4n) is 4.12. The molecule has 0 bridgehead atoms. The summed E-state index contributed by atoms with van der Waals surface area (Å²) in [5.41, 5.74) is 0.451. The first kappa shape index (κ1) is 24.2. The summed E-state index contributed by atoms with van der Waals surface area (Å²) in [6.07, 6.45) is 3.00. The van der Waals surface area contributed by atoms with Crippen LogP contribution in [0.2, 0.25) is 0 Å². The van der Waals surface area contributed by atoms with E-state index in [-0.39, 0.29) is 5.82 Å². The van der Waals surface area contributed by atoms with Crippen LogP contribution in [0.25, 0.3) is 11.1 Å². The molecule has 2 aromatic carbocycles. The Balaban J connectivity index is 1.52. The maximum absolute atomic E-state index is 14.7. The lowest BCUT2D eigenvalue weighted by Crippen LogP contribution is -2.44. The number of halogens is 2. The summed E-state index contributed by atoms with van der Waals surface area (Å²) >= 11 is 0. The highest BCUT2D eigenvalue weighted by Gasteiger charge is 2.30. The molecule has 0 amide bonds. The maximum atomic E-state index is 14.7. The summed E-state index contributed by atoms with van der Waals surface area (Å²) in [5, 5.41) is 0. The van der Waals surface area contributed by atoms with Crippen molar-refractivity contribution in [3.63, 3.8) is 0 Å². The third kappa shape index (κ3) is 6.06. The van der Waals surface area contributed by atoms with Gasteiger partial charge >= 0.3 is 5.97 Å². The van der Waals surface area contributed by atoms with Gasteiger partial charge in [-0.05, 0) is 74.5 Å². The zero-order chi connectivity index (χ0) is 23.1. The molecule has 0 unspecified atom stereocenters. The van der Waals surface area contributed by atoms with Gasteiger partial charge in [0, 0.05) is 18.2 Å². The van der Waals surface area contributed by atoms with Crippen LogP contribution < -0.4 is 4.74 Å². The van der Waals surface area contributed by atoms with E-state index in [2.05, 4.69) is 9.64 Å². The molecule has 6 heteroatoms. The van der Waals surface area contributed by atoms with Gasteiger partial charge in [-0.3, -0.25) is 0 Å². The molecule has 32 heavy (non-hydrogen) atoms. The predicted molar refractivity (Wildman–Crippen MR) is 122 cm³/mol. The molecule has 0 radical (unpaired) electrons. The molecule has 0 aromatic heterocycles. The number of hydrogen-bond donors (Lipinski definition) is 0. The maximum Gasteiger partial charge on any atom is 0.337 e. The number of alkyl halides is 1. The van der Waals surface area contributed by atoms with Crippen LogP contribution in [0, 0.1) is 11.7 Å². The van der Waals surface area contributed by atoms with Crippen LogP contribution in [0.3, 0.4) is 0 Å². The Morgan fingerprint density at radius 2 is 1.75 bits per heavy atom. The molecule has 0 atom stereocenters. The molecule has 2 aromatic rings. The van der Waals surface area contributed by atoms with E-state index in [4.69, 9.17) is 4.74 Å². The minimum absolute atomic E-state index is 0.374. The first-order valence-corrected chi connectivity index (χ1v) is 11.4. The van der Waals surface area contributed by atoms with E-state index >= 15 is 0 Å². The van der Waals surface area contributed by atoms with Gasteiger partial charge in [0.1, 0.15) is 17.2 Å². The Kier molecular flexibility index (Phi) is 8.24. The van der Waals surface area contributed by atoms with Crippen molar-refractivity contribution in [3.8, 4) is 16.9 Å². The van der Waals surface area contributed by atoms with E-state index < -0.39 is 11.6 Å². The average Bonchev–Trinajstić information content (AvgIpc) is 2.83. The van der Waals surface area contributed by atoms with Crippen LogP contribution in [-0.4, -0.2) is 49.9 Å². The van der Waals surface area contributed by atoms with Gasteiger partial charge in [-0.2, -0.15) is 0 Å². The minimum atomic E-state index is -1.10. The number of methoxy groups -OCH3 is 1. The highest BCUT2D eigenvalue weighted by Crippen LogP contribution is 2.29. The van der Waals surface area contributed by atoms with E-state index in [0.29, 0.717) is 54.4 Å². The molecule has 4 nitrogen and oxygen atoms in total. The largest absolute Gasteiger partial charge is 0.493 e. The van der Waals surface area contributed by atoms with Crippen LogP contribution in [0.4, 0.5) is 8.78 Å². The number of piperidine rings is 1. The molecule has 1 saturated heterocycles. The highest BCUT2D eigenvalue weighted by atomic mass is 19.1. The van der Waals surface area contributed by atoms with Crippen molar-refractivity contribution < 1.29 is 23.0 Å². The Hall–Kier alpha value is -2.47. The van der Waals surface area contributed by atoms with Gasteiger partial charge in [0.25, 0.3) is 0 Å². The molecular formula is C26H33F2NO3. The topological polar surface area (TPSA) is 38.8 Å². The van der Waals surface area contributed by atoms with Gasteiger partial charge in [0.15, 0.2) is 0 Å². The lowest BCUT2D eigenvalue weighted by atomic mass is 9.94. The third-order valence-corrected chi connectivity index (χ3v) is 6.52. The van der Waals surface area contributed by atoms with Crippen molar-refractivity contribution in [2.45, 2.75) is 45.2 Å². The fraction of sp³-hybridized carbons (Fsp3) is 0.500. The van der Waals surface area contributed by atoms with Gasteiger partial charge in [-0.1, -0.05) is 26.0 Å². The van der Waals surface area contributed by atoms with Gasteiger partial charge in [0.05, 0.1) is 19.3 Å². The molecular weight excluding hydrogens is 412 g/mol. The molecule has 1 aliphatic heterocycles. The van der Waals surface area contributed by atoms with Crippen LogP contribution >= 0.6 is 0 Å². The number of carbonyl (C=O) groups is 1. The second kappa shape index (κ2) is 10.9. The van der Waals surface area contributed by atoms with Gasteiger partial charge in [-0.15, -0.1) is 0 Å². The zero-order valence-electron chi connectivity index (χ0n) is 19.2. The van der Waals surface area contributed by atoms with Gasteiger partial charge in [0.2, 0.25) is 0 Å². The van der Waals surface area contributed by atoms with E-state index in [1.54, 1.807) is 36.4 Å². The van der Waals surface area contributed by atoms with Gasteiger partial charge in [-0.25, -0.2) is 13.6 Å². The van der Waals surface area contributed by atoms with Crippen molar-refractivity contribution in [1.29, 1.82) is 0 Å². The minimum Gasteiger partial charge on any atom is -0.493 e. The monoisotopic (exact) mass is 445 g/mol. The smallest absolute Gasteiger partial charge is 0.337 e. The second-order valence-electron chi connectivity index (χ2n) is 8.60. The van der Waals surface area contributed by atoms with Crippen molar-refractivity contribution in [2.24, 2.45) is 5.92 Å². The number of rotatable bonds is 9. The van der Waals surface area contributed by atoms with E-state index in [9.17, 15) is 13.6 Å². The summed E-state index contributed by atoms with van der Waals surface area (Å²) in [7, 11) is 1.32. The van der Waals surface area contributed by atoms with E-state index in [1.807, 2.05) is 13.8 Å². The summed E-state index contributed by atoms with van der Waals surface area (Å²) < 4.78 is 39.9. The number of likely N-dealkylation sites (tertiary alicyclic amines) is 1. The van der Waals surface area contributed by atoms with Crippen molar-refractivity contribution in [3.05, 3.63) is 53.8 Å². The van der Waals surface area contributed by atoms with E-state index in [1.165, 1.54) is 13.2 Å². The standard InChI is InChI=1S/C26H33F2NO3/c1-4-26(28,5-2)18-29-14-12-19(13-15-29)17-32-22-10-11-23(24(27)16-22)20-6-8-21(9-7-20)25(30)31-3/h6-11,16,19H,4-5,12-15,17-18H2,1-3H3. The molecule has 0 N–H and O–H groups in total. The van der Waals surface area contributed by atoms with E-state index in [0.717, 1.165) is 25.9 Å². The predicted octanol–water partition coefficient (Wildman–Crippen LogP) is 5.90. The number of hydrogen-bond acceptors (Lipinski definition) is 4. The number of carbonyl (C=O) groups excluding carboxylic acids is 1. The summed E-state index contributed by atoms with van der Waals surface area (Å²) in [6.45, 7) is 6.59. The third-order valence-electron chi connectivity index (χ3n) is 6.52. The van der Waals surface area contributed by atoms with Crippen LogP contribution in [0.15, 0.2) is 42.5 Å². The van der Waals surface area contributed by atoms with Gasteiger partial charge < -0.3 is 14.4 Å². The molecule has 0 aliphatic carbocycles. The quantitative estimate of drug-likeness (QED) is 0.451. The highest BCUT2D eigenvalue weighted by molar-refractivity contribution is 5.90. The molecule has 1 aliphatic rings. The summed E-state index contributed by atoms with van der Waals surface area (Å²) in [6, 6.07) is 11.5. The van der Waals surface area contributed by atoms with Crippen molar-refractivity contribution >= 4 is 5.97 Å². The first-order chi connectivity index (χ1) is 15.4. The van der Waals surface area contributed by atoms with Crippen molar-refractivity contribution in [2.75, 3.05) is 33.4 Å². The molecule has 1 heterocycles. The lowest BCUT2D eigenvalue weighted by Gasteiger charge is -2.36. The zero-order valence-corrected chi connectivity index (χ0v) is 19.2. The summed E-state index contributed by atoms with van der Waals surface area (Å²) in [5.74, 6) is 0.0876. The number of ether oxygens (including phenoxy) is 2. The first-order valence-electron chi connectivity index (χ1n) is 11.4. The Morgan fingerprint density at radius 1 is 1.09 bits per heavy atom. The SMILES string of the molecule is CCC(F)(CC)CN1CCC(COc2ccc(-c3ccc(C(=O)OC)cc3)c(F)c2)CC1. The Labute approximate surface area is 189 Å². The van der Waals surface area contributed by atoms with Crippen LogP contribution in [0.5, 0.6) is 5.75 Å². The number of nitrogens with zero attached hydrogens (tertiary/aromatic N) is 1. The molecule has 1 fully saturated rings. The van der Waals surface area contributed by atoms with Crippen molar-refractivity contribution in [1.82, 2.24) is 4.90 Å². The Morgan fingerprint density at radius 3 is 2.31 bits per heavy atom. The fourth-order valence-corrected chi connectivity index (χ4v) is 4.12. The Bertz CT molecular complexity index is 888. The number of esters is 1. The number of benzene rings is 2. The average molecular weight is 446 g/mol. The molecule has 0 spiro atoms. The second-order valence-corrected chi connectivity index (χ2v) is 8.60. The normalized spacial score (nSPS) is 15.5. The molecule has 174 valence electrons. The van der Waals surface area contributed by atoms with Crippen LogP contribution in [0.1, 0.15) is 49.9 Å². The van der Waals surface area contributed by atoms with Crippen LogP contribution in [-0.2, 0) is 4.74 Å². The lowest BCUT2D eigenvalue weighted by molar-refractivity contribution is 0.0568. The molecule has 0 saturated carbocycles. The molecule has 3 rings (SSSR count). The summed E-state index contributed by atoms with van der Waals surface area (Å²) in [4.78, 5) is 13.8.